The molecule has 0 saturated heterocycles. The second-order valence-corrected chi connectivity index (χ2v) is 6.40. The van der Waals surface area contributed by atoms with E-state index in [9.17, 15) is 9.59 Å². The van der Waals surface area contributed by atoms with Crippen molar-refractivity contribution in [2.24, 2.45) is 0 Å². The molecule has 0 radical (unpaired) electrons. The normalized spacial score (nSPS) is 10.6. The number of nitrogens with zero attached hydrogens (tertiary/aromatic N) is 3. The summed E-state index contributed by atoms with van der Waals surface area (Å²) in [5.74, 6) is -0.609. The van der Waals surface area contributed by atoms with Crippen molar-refractivity contribution >= 4 is 35.1 Å². The van der Waals surface area contributed by atoms with Crippen LogP contribution in [-0.4, -0.2) is 61.0 Å². The van der Waals surface area contributed by atoms with Gasteiger partial charge in [-0.3, -0.25) is 4.79 Å². The molecule has 0 aliphatic rings. The second kappa shape index (κ2) is 9.84. The summed E-state index contributed by atoms with van der Waals surface area (Å²) in [5.41, 5.74) is 0.756. The number of esters is 1. The molecule has 2 N–H and O–H groups in total. The molecule has 0 atom stereocenters. The molecule has 0 spiro atoms. The van der Waals surface area contributed by atoms with Gasteiger partial charge in [-0.25, -0.2) is 14.8 Å². The maximum Gasteiger partial charge on any atom is 0.337 e. The van der Waals surface area contributed by atoms with Crippen LogP contribution in [0, 0.1) is 0 Å². The highest BCUT2D eigenvalue weighted by atomic mass is 35.5. The number of amides is 1. The molecule has 0 bridgehead atoms. The molecule has 1 amide bonds. The van der Waals surface area contributed by atoms with Crippen LogP contribution in [0.15, 0.2) is 30.5 Å². The molecular weight excluding hydrogens is 370 g/mol. The highest BCUT2D eigenvalue weighted by Crippen LogP contribution is 2.24. The zero-order chi connectivity index (χ0) is 19.8. The molecule has 8 nitrogen and oxygen atoms in total. The maximum absolute atomic E-state index is 12.5. The van der Waals surface area contributed by atoms with Gasteiger partial charge in [0.25, 0.3) is 5.91 Å². The van der Waals surface area contributed by atoms with Gasteiger partial charge in [-0.05, 0) is 51.3 Å². The Balaban J connectivity index is 2.06. The van der Waals surface area contributed by atoms with Crippen molar-refractivity contribution in [3.8, 4) is 0 Å². The molecule has 1 heterocycles. The molecule has 1 aromatic carbocycles. The number of benzene rings is 1. The van der Waals surface area contributed by atoms with Gasteiger partial charge in [-0.1, -0.05) is 11.6 Å². The number of anilines is 2. The lowest BCUT2D eigenvalue weighted by atomic mass is 10.2. The van der Waals surface area contributed by atoms with E-state index in [-0.39, 0.29) is 11.3 Å². The molecule has 2 aromatic rings. The van der Waals surface area contributed by atoms with Crippen LogP contribution < -0.4 is 10.6 Å². The van der Waals surface area contributed by atoms with E-state index in [0.29, 0.717) is 23.2 Å². The number of methoxy groups -OCH3 is 1. The molecular formula is C18H22ClN5O3. The van der Waals surface area contributed by atoms with E-state index >= 15 is 0 Å². The third-order valence-electron chi connectivity index (χ3n) is 3.59. The number of hydrogen-bond donors (Lipinski definition) is 2. The summed E-state index contributed by atoms with van der Waals surface area (Å²) in [6, 6.07) is 5.98. The van der Waals surface area contributed by atoms with Gasteiger partial charge in [0.05, 0.1) is 23.4 Å². The Kier molecular flexibility index (Phi) is 7.51. The number of carbonyl (C=O) groups is 2. The van der Waals surface area contributed by atoms with E-state index in [2.05, 4.69) is 30.2 Å². The summed E-state index contributed by atoms with van der Waals surface area (Å²) in [4.78, 5) is 34.5. The van der Waals surface area contributed by atoms with E-state index in [4.69, 9.17) is 11.6 Å². The first-order valence-electron chi connectivity index (χ1n) is 8.31. The SMILES string of the molecule is COC(=O)c1ccc(Cl)c(NC(=O)c2ccnc(NCCCN(C)C)n2)c1. The molecule has 0 aliphatic heterocycles. The lowest BCUT2D eigenvalue weighted by Crippen LogP contribution is -2.18. The van der Waals surface area contributed by atoms with Crippen LogP contribution in [0.3, 0.4) is 0 Å². The molecule has 0 aliphatic carbocycles. The van der Waals surface area contributed by atoms with Crippen molar-refractivity contribution in [2.75, 3.05) is 44.9 Å². The minimum atomic E-state index is -0.520. The number of ether oxygens (including phenoxy) is 1. The van der Waals surface area contributed by atoms with Crippen LogP contribution >= 0.6 is 11.6 Å². The quantitative estimate of drug-likeness (QED) is 0.527. The third kappa shape index (κ3) is 6.19. The number of aromatic nitrogens is 2. The van der Waals surface area contributed by atoms with Gasteiger partial charge in [-0.15, -0.1) is 0 Å². The summed E-state index contributed by atoms with van der Waals surface area (Å²) in [6.07, 6.45) is 2.42. The van der Waals surface area contributed by atoms with Crippen molar-refractivity contribution in [2.45, 2.75) is 6.42 Å². The van der Waals surface area contributed by atoms with Crippen LogP contribution in [0.25, 0.3) is 0 Å². The standard InChI is InChI=1S/C18H22ClN5O3/c1-24(2)10-4-8-20-18-21-9-7-14(23-18)16(25)22-15-11-12(17(26)27-3)5-6-13(15)19/h5-7,9,11H,4,8,10H2,1-3H3,(H,22,25)(H,20,21,23). The summed E-state index contributed by atoms with van der Waals surface area (Å²) in [6.45, 7) is 1.62. The number of nitrogens with one attached hydrogen (secondary N) is 2. The molecule has 27 heavy (non-hydrogen) atoms. The number of carbonyl (C=O) groups excluding carboxylic acids is 2. The van der Waals surface area contributed by atoms with Crippen molar-refractivity contribution in [3.05, 3.63) is 46.7 Å². The predicted octanol–water partition coefficient (Wildman–Crippen LogP) is 2.53. The minimum Gasteiger partial charge on any atom is -0.465 e. The highest BCUT2D eigenvalue weighted by Gasteiger charge is 2.14. The Morgan fingerprint density at radius 3 is 2.74 bits per heavy atom. The molecule has 0 unspecified atom stereocenters. The Hall–Kier alpha value is -2.71. The minimum absolute atomic E-state index is 0.180. The average molecular weight is 392 g/mol. The fourth-order valence-corrected chi connectivity index (χ4v) is 2.38. The summed E-state index contributed by atoms with van der Waals surface area (Å²) in [7, 11) is 5.28. The molecule has 0 saturated carbocycles. The maximum atomic E-state index is 12.5. The molecule has 144 valence electrons. The van der Waals surface area contributed by atoms with Gasteiger partial charge in [-0.2, -0.15) is 0 Å². The Bertz CT molecular complexity index is 813. The first-order chi connectivity index (χ1) is 12.9. The monoisotopic (exact) mass is 391 g/mol. The Labute approximate surface area is 162 Å². The highest BCUT2D eigenvalue weighted by molar-refractivity contribution is 6.34. The van der Waals surface area contributed by atoms with E-state index in [1.54, 1.807) is 0 Å². The Morgan fingerprint density at radius 1 is 1.26 bits per heavy atom. The number of rotatable bonds is 8. The predicted molar refractivity (Wildman–Crippen MR) is 104 cm³/mol. The smallest absolute Gasteiger partial charge is 0.337 e. The molecule has 2 rings (SSSR count). The van der Waals surface area contributed by atoms with Gasteiger partial charge in [0.1, 0.15) is 5.69 Å². The van der Waals surface area contributed by atoms with E-state index < -0.39 is 11.9 Å². The fourth-order valence-electron chi connectivity index (χ4n) is 2.22. The largest absolute Gasteiger partial charge is 0.465 e. The second-order valence-electron chi connectivity index (χ2n) is 5.99. The van der Waals surface area contributed by atoms with E-state index in [1.807, 2.05) is 14.1 Å². The number of hydrogen-bond acceptors (Lipinski definition) is 7. The van der Waals surface area contributed by atoms with Gasteiger partial charge >= 0.3 is 5.97 Å². The number of halogens is 1. The van der Waals surface area contributed by atoms with E-state index in [1.165, 1.54) is 37.6 Å². The van der Waals surface area contributed by atoms with Gasteiger partial charge in [0.2, 0.25) is 5.95 Å². The van der Waals surface area contributed by atoms with Gasteiger partial charge in [0, 0.05) is 12.7 Å². The molecule has 1 aromatic heterocycles. The van der Waals surface area contributed by atoms with Crippen LogP contribution in [0.5, 0.6) is 0 Å². The summed E-state index contributed by atoms with van der Waals surface area (Å²) in [5, 5.41) is 6.04. The van der Waals surface area contributed by atoms with Gasteiger partial charge in [0.15, 0.2) is 0 Å². The Morgan fingerprint density at radius 2 is 2.04 bits per heavy atom. The van der Waals surface area contributed by atoms with Crippen molar-refractivity contribution in [1.29, 1.82) is 0 Å². The van der Waals surface area contributed by atoms with E-state index in [0.717, 1.165) is 13.0 Å². The summed E-state index contributed by atoms with van der Waals surface area (Å²) >= 11 is 6.10. The van der Waals surface area contributed by atoms with Crippen LogP contribution in [-0.2, 0) is 4.74 Å². The summed E-state index contributed by atoms with van der Waals surface area (Å²) < 4.78 is 4.67. The molecule has 9 heteroatoms. The van der Waals surface area contributed by atoms with Gasteiger partial charge < -0.3 is 20.3 Å². The van der Waals surface area contributed by atoms with Crippen LogP contribution in [0.1, 0.15) is 27.3 Å². The molecule has 0 fully saturated rings. The fraction of sp³-hybridized carbons (Fsp3) is 0.333. The lowest BCUT2D eigenvalue weighted by molar-refractivity contribution is 0.0600. The van der Waals surface area contributed by atoms with Crippen molar-refractivity contribution in [3.63, 3.8) is 0 Å². The topological polar surface area (TPSA) is 96.4 Å². The van der Waals surface area contributed by atoms with Crippen molar-refractivity contribution in [1.82, 2.24) is 14.9 Å². The first-order valence-corrected chi connectivity index (χ1v) is 8.69. The average Bonchev–Trinajstić information content (AvgIpc) is 2.66. The third-order valence-corrected chi connectivity index (χ3v) is 3.92. The first kappa shape index (κ1) is 20.6. The zero-order valence-corrected chi connectivity index (χ0v) is 16.2. The zero-order valence-electron chi connectivity index (χ0n) is 15.5. The van der Waals surface area contributed by atoms with Crippen LogP contribution in [0.2, 0.25) is 5.02 Å². The van der Waals surface area contributed by atoms with Crippen LogP contribution in [0.4, 0.5) is 11.6 Å². The lowest BCUT2D eigenvalue weighted by Gasteiger charge is -2.11. The van der Waals surface area contributed by atoms with Crippen molar-refractivity contribution < 1.29 is 14.3 Å².